The lowest BCUT2D eigenvalue weighted by Crippen LogP contribution is -2.41. The summed E-state index contributed by atoms with van der Waals surface area (Å²) in [5.41, 5.74) is 2.19. The molecule has 0 aliphatic rings. The molecule has 0 saturated carbocycles. The molecule has 0 heterocycles. The lowest BCUT2D eigenvalue weighted by atomic mass is 10.1. The van der Waals surface area contributed by atoms with Crippen LogP contribution in [0.5, 0.6) is 5.75 Å². The summed E-state index contributed by atoms with van der Waals surface area (Å²) in [6, 6.07) is 17.6. The van der Waals surface area contributed by atoms with Gasteiger partial charge in [0.25, 0.3) is 5.91 Å². The fourth-order valence-electron chi connectivity index (χ4n) is 2.40. The molecule has 5 nitrogen and oxygen atoms in total. The van der Waals surface area contributed by atoms with Crippen LogP contribution in [-0.4, -0.2) is 43.1 Å². The SMILES string of the molecule is CCOC(=O)CN(C)C(=O)C(C)Oc1ccc(-c2ccccc2)cc1. The number of hydrogen-bond acceptors (Lipinski definition) is 4. The van der Waals surface area contributed by atoms with Gasteiger partial charge in [-0.1, -0.05) is 42.5 Å². The smallest absolute Gasteiger partial charge is 0.325 e. The Balaban J connectivity index is 1.94. The van der Waals surface area contributed by atoms with Crippen LogP contribution in [0.2, 0.25) is 0 Å². The Kier molecular flexibility index (Phi) is 6.57. The third-order valence-corrected chi connectivity index (χ3v) is 3.67. The van der Waals surface area contributed by atoms with Gasteiger partial charge in [0.2, 0.25) is 0 Å². The first-order valence-electron chi connectivity index (χ1n) is 8.24. The van der Waals surface area contributed by atoms with Gasteiger partial charge in [-0.3, -0.25) is 9.59 Å². The summed E-state index contributed by atoms with van der Waals surface area (Å²) in [6.07, 6.45) is -0.693. The molecule has 1 amide bonds. The minimum Gasteiger partial charge on any atom is -0.481 e. The molecular formula is C20H23NO4. The molecule has 25 heavy (non-hydrogen) atoms. The second-order valence-electron chi connectivity index (χ2n) is 5.65. The lowest BCUT2D eigenvalue weighted by molar-refractivity contribution is -0.150. The molecule has 0 aliphatic carbocycles. The summed E-state index contributed by atoms with van der Waals surface area (Å²) in [6.45, 7) is 3.59. The van der Waals surface area contributed by atoms with Gasteiger partial charge in [-0.05, 0) is 37.1 Å². The number of likely N-dealkylation sites (N-methyl/N-ethyl adjacent to an activating group) is 1. The third kappa shape index (κ3) is 5.35. The molecule has 0 aliphatic heterocycles. The Bertz CT molecular complexity index is 697. The predicted octanol–water partition coefficient (Wildman–Crippen LogP) is 3.14. The van der Waals surface area contributed by atoms with Crippen molar-refractivity contribution in [2.75, 3.05) is 20.2 Å². The van der Waals surface area contributed by atoms with Crippen LogP contribution in [0.3, 0.4) is 0 Å². The number of carbonyl (C=O) groups is 2. The largest absolute Gasteiger partial charge is 0.481 e. The first kappa shape index (κ1) is 18.5. The van der Waals surface area contributed by atoms with Crippen LogP contribution < -0.4 is 4.74 Å². The first-order chi connectivity index (χ1) is 12.0. The van der Waals surface area contributed by atoms with Crippen molar-refractivity contribution in [2.45, 2.75) is 20.0 Å². The molecule has 0 N–H and O–H groups in total. The third-order valence-electron chi connectivity index (χ3n) is 3.67. The second-order valence-corrected chi connectivity index (χ2v) is 5.65. The molecule has 0 fully saturated rings. The Hall–Kier alpha value is -2.82. The van der Waals surface area contributed by atoms with Crippen LogP contribution in [0.25, 0.3) is 11.1 Å². The lowest BCUT2D eigenvalue weighted by Gasteiger charge is -2.21. The molecule has 0 aromatic heterocycles. The highest BCUT2D eigenvalue weighted by Crippen LogP contribution is 2.22. The summed E-state index contributed by atoms with van der Waals surface area (Å²) in [4.78, 5) is 25.0. The van der Waals surface area contributed by atoms with Gasteiger partial charge in [-0.15, -0.1) is 0 Å². The van der Waals surface area contributed by atoms with Gasteiger partial charge in [-0.2, -0.15) is 0 Å². The zero-order valence-electron chi connectivity index (χ0n) is 14.8. The monoisotopic (exact) mass is 341 g/mol. The van der Waals surface area contributed by atoms with Crippen LogP contribution in [0.1, 0.15) is 13.8 Å². The van der Waals surface area contributed by atoms with E-state index >= 15 is 0 Å². The molecule has 1 unspecified atom stereocenters. The summed E-state index contributed by atoms with van der Waals surface area (Å²) >= 11 is 0. The maximum absolute atomic E-state index is 12.3. The summed E-state index contributed by atoms with van der Waals surface area (Å²) < 4.78 is 10.5. The van der Waals surface area contributed by atoms with Crippen molar-refractivity contribution in [1.82, 2.24) is 4.90 Å². The Morgan fingerprint density at radius 3 is 2.20 bits per heavy atom. The van der Waals surface area contributed by atoms with E-state index in [1.807, 2.05) is 54.6 Å². The number of nitrogens with zero attached hydrogens (tertiary/aromatic N) is 1. The maximum atomic E-state index is 12.3. The minimum atomic E-state index is -0.693. The first-order valence-corrected chi connectivity index (χ1v) is 8.24. The van der Waals surface area contributed by atoms with E-state index in [0.29, 0.717) is 12.4 Å². The summed E-state index contributed by atoms with van der Waals surface area (Å²) in [5, 5.41) is 0. The van der Waals surface area contributed by atoms with Gasteiger partial charge in [-0.25, -0.2) is 0 Å². The standard InChI is InChI=1S/C20H23NO4/c1-4-24-19(22)14-21(3)20(23)15(2)25-18-12-10-17(11-13-18)16-8-6-5-7-9-16/h5-13,15H,4,14H2,1-3H3. The number of amides is 1. The number of carbonyl (C=O) groups excluding carboxylic acids is 2. The van der Waals surface area contributed by atoms with Crippen molar-refractivity contribution in [2.24, 2.45) is 0 Å². The molecule has 0 spiro atoms. The average Bonchev–Trinajstić information content (AvgIpc) is 2.62. The highest BCUT2D eigenvalue weighted by Gasteiger charge is 2.21. The highest BCUT2D eigenvalue weighted by molar-refractivity contribution is 5.84. The molecular weight excluding hydrogens is 318 g/mol. The molecule has 132 valence electrons. The van der Waals surface area contributed by atoms with E-state index < -0.39 is 12.1 Å². The maximum Gasteiger partial charge on any atom is 0.325 e. The molecule has 2 aromatic carbocycles. The van der Waals surface area contributed by atoms with E-state index in [0.717, 1.165) is 11.1 Å². The highest BCUT2D eigenvalue weighted by atomic mass is 16.5. The number of ether oxygens (including phenoxy) is 2. The Morgan fingerprint density at radius 1 is 1.00 bits per heavy atom. The number of benzene rings is 2. The van der Waals surface area contributed by atoms with Crippen molar-refractivity contribution >= 4 is 11.9 Å². The van der Waals surface area contributed by atoms with E-state index in [-0.39, 0.29) is 12.5 Å². The topological polar surface area (TPSA) is 55.8 Å². The van der Waals surface area contributed by atoms with Gasteiger partial charge in [0.1, 0.15) is 12.3 Å². The normalized spacial score (nSPS) is 11.5. The van der Waals surface area contributed by atoms with Crippen molar-refractivity contribution in [3.05, 3.63) is 54.6 Å². The second kappa shape index (κ2) is 8.87. The Morgan fingerprint density at radius 2 is 1.60 bits per heavy atom. The van der Waals surface area contributed by atoms with Gasteiger partial charge in [0, 0.05) is 7.05 Å². The molecule has 0 bridgehead atoms. The summed E-state index contributed by atoms with van der Waals surface area (Å²) in [7, 11) is 1.55. The van der Waals surface area contributed by atoms with E-state index in [1.165, 1.54) is 4.90 Å². The fourth-order valence-corrected chi connectivity index (χ4v) is 2.40. The molecule has 1 atom stereocenters. The fraction of sp³-hybridized carbons (Fsp3) is 0.300. The van der Waals surface area contributed by atoms with Crippen molar-refractivity contribution in [3.63, 3.8) is 0 Å². The molecule has 2 aromatic rings. The van der Waals surface area contributed by atoms with Crippen molar-refractivity contribution in [3.8, 4) is 16.9 Å². The van der Waals surface area contributed by atoms with Gasteiger partial charge in [0.05, 0.1) is 6.61 Å². The quantitative estimate of drug-likeness (QED) is 0.726. The number of rotatable bonds is 7. The van der Waals surface area contributed by atoms with Gasteiger partial charge in [0.15, 0.2) is 6.10 Å². The van der Waals surface area contributed by atoms with Crippen LogP contribution in [0.15, 0.2) is 54.6 Å². The van der Waals surface area contributed by atoms with E-state index in [9.17, 15) is 9.59 Å². The van der Waals surface area contributed by atoms with Crippen LogP contribution in [0, 0.1) is 0 Å². The minimum absolute atomic E-state index is 0.0900. The molecule has 2 rings (SSSR count). The predicted molar refractivity (Wildman–Crippen MR) is 96.2 cm³/mol. The van der Waals surface area contributed by atoms with Crippen molar-refractivity contribution < 1.29 is 19.1 Å². The molecule has 0 radical (unpaired) electrons. The summed E-state index contributed by atoms with van der Waals surface area (Å²) in [5.74, 6) is -0.108. The Labute approximate surface area is 148 Å². The van der Waals surface area contributed by atoms with E-state index in [1.54, 1.807) is 20.9 Å². The van der Waals surface area contributed by atoms with Crippen LogP contribution in [0.4, 0.5) is 0 Å². The zero-order valence-corrected chi connectivity index (χ0v) is 14.8. The molecule has 0 saturated heterocycles. The average molecular weight is 341 g/mol. The van der Waals surface area contributed by atoms with E-state index in [4.69, 9.17) is 9.47 Å². The van der Waals surface area contributed by atoms with Gasteiger partial charge >= 0.3 is 5.97 Å². The zero-order chi connectivity index (χ0) is 18.2. The molecule has 5 heteroatoms. The number of esters is 1. The van der Waals surface area contributed by atoms with Crippen molar-refractivity contribution in [1.29, 1.82) is 0 Å². The number of hydrogen-bond donors (Lipinski definition) is 0. The van der Waals surface area contributed by atoms with Crippen LogP contribution >= 0.6 is 0 Å². The van der Waals surface area contributed by atoms with Crippen LogP contribution in [-0.2, 0) is 14.3 Å². The van der Waals surface area contributed by atoms with E-state index in [2.05, 4.69) is 0 Å². The van der Waals surface area contributed by atoms with Gasteiger partial charge < -0.3 is 14.4 Å².